The lowest BCUT2D eigenvalue weighted by Gasteiger charge is -2.15. The maximum absolute atomic E-state index is 8.71. The van der Waals surface area contributed by atoms with Gasteiger partial charge >= 0.3 is 0 Å². The SMILES string of the molecule is O[C@@H]1CON=C[C@@H]1O. The van der Waals surface area contributed by atoms with Crippen LogP contribution in [0.5, 0.6) is 0 Å². The van der Waals surface area contributed by atoms with E-state index in [9.17, 15) is 0 Å². The minimum Gasteiger partial charge on any atom is -0.393 e. The average Bonchev–Trinajstić information content (AvgIpc) is 1.77. The van der Waals surface area contributed by atoms with Gasteiger partial charge in [-0.3, -0.25) is 0 Å². The molecule has 0 aromatic heterocycles. The summed E-state index contributed by atoms with van der Waals surface area (Å²) in [4.78, 5) is 4.41. The second-order valence-corrected chi connectivity index (χ2v) is 1.61. The largest absolute Gasteiger partial charge is 0.393 e. The highest BCUT2D eigenvalue weighted by Gasteiger charge is 2.17. The fraction of sp³-hybridized carbons (Fsp3) is 0.750. The van der Waals surface area contributed by atoms with Crippen molar-refractivity contribution in [3.8, 4) is 0 Å². The molecular formula is C4H7NO3. The number of hydrogen-bond acceptors (Lipinski definition) is 4. The Balaban J connectivity index is 2.47. The van der Waals surface area contributed by atoms with E-state index in [1.165, 1.54) is 0 Å². The molecule has 0 saturated heterocycles. The summed E-state index contributed by atoms with van der Waals surface area (Å²) >= 11 is 0. The van der Waals surface area contributed by atoms with Gasteiger partial charge in [-0.1, -0.05) is 5.16 Å². The van der Waals surface area contributed by atoms with Crippen LogP contribution in [0.3, 0.4) is 0 Å². The molecule has 8 heavy (non-hydrogen) atoms. The molecule has 0 amide bonds. The van der Waals surface area contributed by atoms with Crippen molar-refractivity contribution in [3.63, 3.8) is 0 Å². The van der Waals surface area contributed by atoms with Gasteiger partial charge in [0, 0.05) is 0 Å². The zero-order valence-corrected chi connectivity index (χ0v) is 4.19. The molecule has 0 spiro atoms. The van der Waals surface area contributed by atoms with Crippen LogP contribution in [0.25, 0.3) is 0 Å². The first kappa shape index (κ1) is 5.53. The number of aliphatic hydroxyl groups excluding tert-OH is 2. The Bertz CT molecular complexity index is 103. The fourth-order valence-electron chi connectivity index (χ4n) is 0.423. The Morgan fingerprint density at radius 2 is 2.38 bits per heavy atom. The zero-order chi connectivity index (χ0) is 5.98. The maximum Gasteiger partial charge on any atom is 0.145 e. The molecule has 46 valence electrons. The Morgan fingerprint density at radius 1 is 1.62 bits per heavy atom. The third-order valence-electron chi connectivity index (χ3n) is 0.928. The van der Waals surface area contributed by atoms with Crippen LogP contribution >= 0.6 is 0 Å². The lowest BCUT2D eigenvalue weighted by atomic mass is 10.2. The minimum atomic E-state index is -0.858. The molecule has 1 heterocycles. The molecule has 0 unspecified atom stereocenters. The summed E-state index contributed by atoms with van der Waals surface area (Å²) in [5.41, 5.74) is 0. The second-order valence-electron chi connectivity index (χ2n) is 1.61. The zero-order valence-electron chi connectivity index (χ0n) is 4.19. The van der Waals surface area contributed by atoms with Crippen molar-refractivity contribution >= 4 is 6.21 Å². The van der Waals surface area contributed by atoms with Crippen molar-refractivity contribution in [2.45, 2.75) is 12.2 Å². The van der Waals surface area contributed by atoms with Crippen molar-refractivity contribution in [3.05, 3.63) is 0 Å². The van der Waals surface area contributed by atoms with Crippen LogP contribution < -0.4 is 0 Å². The monoisotopic (exact) mass is 117 g/mol. The molecular weight excluding hydrogens is 110 g/mol. The van der Waals surface area contributed by atoms with Crippen LogP contribution in [0.2, 0.25) is 0 Å². The van der Waals surface area contributed by atoms with E-state index >= 15 is 0 Å². The van der Waals surface area contributed by atoms with E-state index < -0.39 is 12.2 Å². The summed E-state index contributed by atoms with van der Waals surface area (Å²) in [5, 5.41) is 20.7. The molecule has 4 heteroatoms. The van der Waals surface area contributed by atoms with Crippen LogP contribution in [0.1, 0.15) is 0 Å². The van der Waals surface area contributed by atoms with E-state index in [0.29, 0.717) is 0 Å². The van der Waals surface area contributed by atoms with Gasteiger partial charge in [0.1, 0.15) is 18.8 Å². The van der Waals surface area contributed by atoms with Crippen molar-refractivity contribution in [2.75, 3.05) is 6.61 Å². The van der Waals surface area contributed by atoms with E-state index in [4.69, 9.17) is 10.2 Å². The van der Waals surface area contributed by atoms with Gasteiger partial charge in [0.2, 0.25) is 0 Å². The summed E-state index contributed by atoms with van der Waals surface area (Å²) in [6.07, 6.45) is -0.509. The first-order valence-electron chi connectivity index (χ1n) is 2.32. The van der Waals surface area contributed by atoms with Crippen LogP contribution in [0, 0.1) is 0 Å². The quantitative estimate of drug-likeness (QED) is 0.415. The van der Waals surface area contributed by atoms with Crippen molar-refractivity contribution in [1.82, 2.24) is 0 Å². The number of rotatable bonds is 0. The Kier molecular flexibility index (Phi) is 1.45. The van der Waals surface area contributed by atoms with Gasteiger partial charge in [0.25, 0.3) is 0 Å². The Hall–Kier alpha value is -0.610. The molecule has 0 aromatic rings. The summed E-state index contributed by atoms with van der Waals surface area (Å²) in [7, 11) is 0. The molecule has 2 N–H and O–H groups in total. The minimum absolute atomic E-state index is 0.0810. The molecule has 1 aliphatic rings. The smallest absolute Gasteiger partial charge is 0.145 e. The molecule has 0 aromatic carbocycles. The number of oxime groups is 1. The first-order valence-corrected chi connectivity index (χ1v) is 2.32. The average molecular weight is 117 g/mol. The van der Waals surface area contributed by atoms with Crippen LogP contribution in [-0.2, 0) is 4.84 Å². The fourth-order valence-corrected chi connectivity index (χ4v) is 0.423. The molecule has 1 aliphatic heterocycles. The van der Waals surface area contributed by atoms with E-state index in [0.717, 1.165) is 6.21 Å². The van der Waals surface area contributed by atoms with Gasteiger partial charge in [-0.15, -0.1) is 0 Å². The van der Waals surface area contributed by atoms with Crippen molar-refractivity contribution < 1.29 is 15.1 Å². The normalized spacial score (nSPS) is 36.8. The number of nitrogens with zero attached hydrogens (tertiary/aromatic N) is 1. The highest BCUT2D eigenvalue weighted by molar-refractivity contribution is 5.63. The summed E-state index contributed by atoms with van der Waals surface area (Å²) in [6, 6.07) is 0. The highest BCUT2D eigenvalue weighted by Crippen LogP contribution is 1.97. The van der Waals surface area contributed by atoms with E-state index in [2.05, 4.69) is 9.99 Å². The number of hydrogen-bond donors (Lipinski definition) is 2. The molecule has 2 atom stereocenters. The van der Waals surface area contributed by atoms with Crippen LogP contribution in [0.15, 0.2) is 5.16 Å². The molecule has 0 aliphatic carbocycles. The van der Waals surface area contributed by atoms with Crippen LogP contribution in [-0.4, -0.2) is 35.2 Å². The van der Waals surface area contributed by atoms with E-state index in [1.807, 2.05) is 0 Å². The third-order valence-corrected chi connectivity index (χ3v) is 0.928. The molecule has 0 fully saturated rings. The molecule has 0 saturated carbocycles. The van der Waals surface area contributed by atoms with Crippen molar-refractivity contribution in [1.29, 1.82) is 0 Å². The van der Waals surface area contributed by atoms with Gasteiger partial charge in [0.05, 0.1) is 6.21 Å². The molecule has 0 radical (unpaired) electrons. The lowest BCUT2D eigenvalue weighted by Crippen LogP contribution is -2.34. The number of aliphatic hydroxyl groups is 2. The predicted octanol–water partition coefficient (Wildman–Crippen LogP) is -1.28. The Morgan fingerprint density at radius 3 is 2.75 bits per heavy atom. The topological polar surface area (TPSA) is 62.0 Å². The summed E-state index contributed by atoms with van der Waals surface area (Å²) < 4.78 is 0. The molecule has 4 nitrogen and oxygen atoms in total. The van der Waals surface area contributed by atoms with Gasteiger partial charge in [0.15, 0.2) is 0 Å². The van der Waals surface area contributed by atoms with Gasteiger partial charge in [-0.05, 0) is 0 Å². The van der Waals surface area contributed by atoms with Gasteiger partial charge in [-0.25, -0.2) is 0 Å². The van der Waals surface area contributed by atoms with Crippen LogP contribution in [0.4, 0.5) is 0 Å². The molecule has 1 rings (SSSR count). The second kappa shape index (κ2) is 2.11. The summed E-state index contributed by atoms with van der Waals surface area (Å²) in [5.74, 6) is 0. The highest BCUT2D eigenvalue weighted by atomic mass is 16.6. The molecule has 0 bridgehead atoms. The maximum atomic E-state index is 8.71. The first-order chi connectivity index (χ1) is 3.80. The van der Waals surface area contributed by atoms with Gasteiger partial charge < -0.3 is 15.1 Å². The summed E-state index contributed by atoms with van der Waals surface area (Å²) in [6.45, 7) is 0.0810. The standard InChI is InChI=1S/C4H7NO3/c6-3-1-5-8-2-4(3)7/h1,3-4,6-7H,2H2/t3-,4+/m0/s1. The van der Waals surface area contributed by atoms with Gasteiger partial charge in [-0.2, -0.15) is 0 Å². The van der Waals surface area contributed by atoms with Crippen molar-refractivity contribution in [2.24, 2.45) is 5.16 Å². The Labute approximate surface area is 46.4 Å². The lowest BCUT2D eigenvalue weighted by molar-refractivity contribution is -0.0268. The van der Waals surface area contributed by atoms with E-state index in [-0.39, 0.29) is 6.61 Å². The van der Waals surface area contributed by atoms with E-state index in [1.54, 1.807) is 0 Å². The predicted molar refractivity (Wildman–Crippen MR) is 26.5 cm³/mol. The third kappa shape index (κ3) is 0.962.